The van der Waals surface area contributed by atoms with Crippen LogP contribution in [0.4, 0.5) is 10.5 Å². The summed E-state index contributed by atoms with van der Waals surface area (Å²) in [5.41, 5.74) is -0.446. The average Bonchev–Trinajstić information content (AvgIpc) is 3.36. The van der Waals surface area contributed by atoms with Crippen molar-refractivity contribution in [1.82, 2.24) is 4.90 Å². The number of nitrogens with zero attached hydrogens (tertiary/aromatic N) is 1. The Morgan fingerprint density at radius 3 is 2.47 bits per heavy atom. The number of likely N-dealkylation sites (tertiary alicyclic amines) is 1. The SMILES string of the molecule is COc1cc(C(=O)N2CCCC2CO)c(NC(=O)OC(Cl)C(Cl)Cl)c(OC)c1OCc1ccccc1. The first-order chi connectivity index (χ1) is 17.3. The molecule has 3 rings (SSSR count). The van der Waals surface area contributed by atoms with E-state index in [4.69, 9.17) is 53.8 Å². The van der Waals surface area contributed by atoms with E-state index < -0.39 is 22.4 Å². The predicted octanol–water partition coefficient (Wildman–Crippen LogP) is 4.80. The Morgan fingerprint density at radius 2 is 1.86 bits per heavy atom. The lowest BCUT2D eigenvalue weighted by molar-refractivity contribution is 0.0678. The summed E-state index contributed by atoms with van der Waals surface area (Å²) in [5.74, 6) is -0.0415. The number of hydrogen-bond acceptors (Lipinski definition) is 7. The molecular formula is C24H27Cl3N2O7. The molecule has 1 aliphatic heterocycles. The lowest BCUT2D eigenvalue weighted by Crippen LogP contribution is -2.38. The van der Waals surface area contributed by atoms with E-state index in [1.54, 1.807) is 0 Å². The van der Waals surface area contributed by atoms with Gasteiger partial charge < -0.3 is 29.0 Å². The molecule has 0 bridgehead atoms. The Morgan fingerprint density at radius 1 is 1.14 bits per heavy atom. The summed E-state index contributed by atoms with van der Waals surface area (Å²) >= 11 is 17.2. The Kier molecular flexibility index (Phi) is 10.2. The number of halogens is 3. The van der Waals surface area contributed by atoms with Gasteiger partial charge in [-0.3, -0.25) is 10.1 Å². The van der Waals surface area contributed by atoms with Gasteiger partial charge in [0, 0.05) is 6.54 Å². The number of benzene rings is 2. The zero-order valence-electron chi connectivity index (χ0n) is 19.7. The van der Waals surface area contributed by atoms with Gasteiger partial charge in [0.15, 0.2) is 16.3 Å². The van der Waals surface area contributed by atoms with E-state index in [2.05, 4.69) is 5.32 Å². The molecule has 0 radical (unpaired) electrons. The number of hydrogen-bond donors (Lipinski definition) is 2. The van der Waals surface area contributed by atoms with Crippen LogP contribution in [0.2, 0.25) is 0 Å². The highest BCUT2D eigenvalue weighted by molar-refractivity contribution is 6.48. The molecule has 2 unspecified atom stereocenters. The maximum Gasteiger partial charge on any atom is 0.413 e. The van der Waals surface area contributed by atoms with Gasteiger partial charge in [0.1, 0.15) is 12.3 Å². The topological polar surface area (TPSA) is 107 Å². The fourth-order valence-electron chi connectivity index (χ4n) is 3.85. The van der Waals surface area contributed by atoms with Crippen LogP contribution < -0.4 is 19.5 Å². The summed E-state index contributed by atoms with van der Waals surface area (Å²) in [5, 5.41) is 12.2. The number of rotatable bonds is 10. The molecule has 1 saturated heterocycles. The molecule has 2 amide bonds. The predicted molar refractivity (Wildman–Crippen MR) is 137 cm³/mol. The highest BCUT2D eigenvalue weighted by atomic mass is 35.5. The molecule has 0 aliphatic carbocycles. The normalized spacial score (nSPS) is 16.0. The van der Waals surface area contributed by atoms with Crippen LogP contribution in [0.1, 0.15) is 28.8 Å². The number of nitrogens with one attached hydrogen (secondary N) is 1. The molecule has 1 fully saturated rings. The second kappa shape index (κ2) is 13.1. The average molecular weight is 562 g/mol. The van der Waals surface area contributed by atoms with Gasteiger partial charge in [-0.2, -0.15) is 0 Å². The number of carbonyl (C=O) groups is 2. The molecule has 2 atom stereocenters. The summed E-state index contributed by atoms with van der Waals surface area (Å²) in [7, 11) is 2.78. The van der Waals surface area contributed by atoms with Crippen LogP contribution in [0.3, 0.4) is 0 Å². The van der Waals surface area contributed by atoms with E-state index in [1.165, 1.54) is 25.2 Å². The number of ether oxygens (including phenoxy) is 4. The van der Waals surface area contributed by atoms with E-state index in [0.717, 1.165) is 12.0 Å². The van der Waals surface area contributed by atoms with Gasteiger partial charge in [0.25, 0.3) is 5.91 Å². The lowest BCUT2D eigenvalue weighted by atomic mass is 10.1. The second-order valence-corrected chi connectivity index (χ2v) is 9.43. The molecule has 2 aromatic rings. The van der Waals surface area contributed by atoms with Crippen molar-refractivity contribution in [3.8, 4) is 17.2 Å². The summed E-state index contributed by atoms with van der Waals surface area (Å²) in [6, 6.07) is 10.5. The Bertz CT molecular complexity index is 1060. The van der Waals surface area contributed by atoms with E-state index in [9.17, 15) is 14.7 Å². The van der Waals surface area contributed by atoms with E-state index >= 15 is 0 Å². The minimum absolute atomic E-state index is 0.0236. The Labute approximate surface area is 224 Å². The molecule has 2 N–H and O–H groups in total. The fraction of sp³-hybridized carbons (Fsp3) is 0.417. The van der Waals surface area contributed by atoms with Gasteiger partial charge in [-0.15, -0.1) is 0 Å². The van der Waals surface area contributed by atoms with Crippen molar-refractivity contribution < 1.29 is 33.6 Å². The first-order valence-corrected chi connectivity index (χ1v) is 12.4. The summed E-state index contributed by atoms with van der Waals surface area (Å²) in [4.78, 5) is 26.6. The number of anilines is 1. The maximum absolute atomic E-state index is 13.6. The van der Waals surface area contributed by atoms with Crippen LogP contribution in [-0.2, 0) is 11.3 Å². The van der Waals surface area contributed by atoms with Crippen molar-refractivity contribution in [1.29, 1.82) is 0 Å². The highest BCUT2D eigenvalue weighted by Crippen LogP contribution is 2.46. The molecule has 0 saturated carbocycles. The van der Waals surface area contributed by atoms with Crippen molar-refractivity contribution >= 4 is 52.5 Å². The number of alkyl halides is 3. The first kappa shape index (κ1) is 28.0. The number of aliphatic hydroxyl groups is 1. The third-order valence-corrected chi connectivity index (χ3v) is 6.63. The Balaban J connectivity index is 2.06. The maximum atomic E-state index is 13.6. The van der Waals surface area contributed by atoms with Gasteiger partial charge in [-0.1, -0.05) is 65.1 Å². The number of amides is 2. The number of carbonyl (C=O) groups excluding carboxylic acids is 2. The van der Waals surface area contributed by atoms with Crippen LogP contribution in [0.25, 0.3) is 0 Å². The third kappa shape index (κ3) is 6.59. The fourth-order valence-corrected chi connectivity index (χ4v) is 4.04. The molecule has 0 spiro atoms. The molecule has 36 heavy (non-hydrogen) atoms. The minimum atomic E-state index is -1.34. The molecular weight excluding hydrogens is 535 g/mol. The summed E-state index contributed by atoms with van der Waals surface area (Å²) in [6.45, 7) is 0.409. The van der Waals surface area contributed by atoms with Gasteiger partial charge in [-0.25, -0.2) is 4.79 Å². The van der Waals surface area contributed by atoms with Gasteiger partial charge in [0.05, 0.1) is 32.4 Å². The van der Waals surface area contributed by atoms with Crippen molar-refractivity contribution in [2.45, 2.75) is 35.9 Å². The molecule has 9 nitrogen and oxygen atoms in total. The van der Waals surface area contributed by atoms with Crippen LogP contribution >= 0.6 is 34.8 Å². The smallest absolute Gasteiger partial charge is 0.413 e. The molecule has 1 aliphatic rings. The monoisotopic (exact) mass is 560 g/mol. The Hall–Kier alpha value is -2.59. The number of aliphatic hydroxyl groups excluding tert-OH is 1. The van der Waals surface area contributed by atoms with Crippen molar-refractivity contribution in [2.75, 3.05) is 32.7 Å². The van der Waals surface area contributed by atoms with Gasteiger partial charge in [-0.05, 0) is 24.5 Å². The van der Waals surface area contributed by atoms with Gasteiger partial charge in [0.2, 0.25) is 11.3 Å². The standard InChI is InChI=1S/C24H27Cl3N2O7/c1-33-17-11-16(23(31)29-10-6-9-15(29)12-30)18(28-24(32)36-22(27)21(25)26)20(34-2)19(17)35-13-14-7-4-3-5-8-14/h3-5,7-8,11,15,21-22,30H,6,9-10,12-13H2,1-2H3,(H,28,32). The molecule has 1 heterocycles. The largest absolute Gasteiger partial charge is 0.493 e. The molecule has 0 aromatic heterocycles. The first-order valence-electron chi connectivity index (χ1n) is 11.1. The van der Waals surface area contributed by atoms with Crippen LogP contribution in [0, 0.1) is 0 Å². The zero-order valence-corrected chi connectivity index (χ0v) is 22.0. The number of methoxy groups -OCH3 is 2. The molecule has 2 aromatic carbocycles. The molecule has 196 valence electrons. The van der Waals surface area contributed by atoms with E-state index in [-0.39, 0.29) is 47.8 Å². The zero-order chi connectivity index (χ0) is 26.2. The van der Waals surface area contributed by atoms with Crippen LogP contribution in [0.5, 0.6) is 17.2 Å². The third-order valence-electron chi connectivity index (χ3n) is 5.58. The second-order valence-electron chi connectivity index (χ2n) is 7.83. The van der Waals surface area contributed by atoms with E-state index in [1.807, 2.05) is 30.3 Å². The van der Waals surface area contributed by atoms with Crippen molar-refractivity contribution in [2.24, 2.45) is 0 Å². The minimum Gasteiger partial charge on any atom is -0.493 e. The van der Waals surface area contributed by atoms with Crippen molar-refractivity contribution in [3.05, 3.63) is 47.5 Å². The van der Waals surface area contributed by atoms with Crippen molar-refractivity contribution in [3.63, 3.8) is 0 Å². The summed E-state index contributed by atoms with van der Waals surface area (Å²) < 4.78 is 22.1. The summed E-state index contributed by atoms with van der Waals surface area (Å²) in [6.07, 6.45) is 0.364. The highest BCUT2D eigenvalue weighted by Gasteiger charge is 2.34. The van der Waals surface area contributed by atoms with E-state index in [0.29, 0.717) is 13.0 Å². The lowest BCUT2D eigenvalue weighted by Gasteiger charge is -2.26. The quantitative estimate of drug-likeness (QED) is 0.402. The van der Waals surface area contributed by atoms with Crippen LogP contribution in [0.15, 0.2) is 36.4 Å². The molecule has 12 heteroatoms. The van der Waals surface area contributed by atoms with Crippen LogP contribution in [-0.4, -0.2) is 65.8 Å². The van der Waals surface area contributed by atoms with Gasteiger partial charge >= 0.3 is 6.09 Å².